The molecule has 1 saturated carbocycles. The van der Waals surface area contributed by atoms with Gasteiger partial charge >= 0.3 is 0 Å². The Labute approximate surface area is 166 Å². The number of thioether (sulfide) groups is 1. The quantitative estimate of drug-likeness (QED) is 0.637. The molecule has 1 amide bonds. The Morgan fingerprint density at radius 3 is 2.56 bits per heavy atom. The number of rotatable bonds is 6. The summed E-state index contributed by atoms with van der Waals surface area (Å²) in [6.45, 7) is 0. The van der Waals surface area contributed by atoms with E-state index in [1.807, 2.05) is 58.1 Å². The molecule has 0 unspecified atom stereocenters. The van der Waals surface area contributed by atoms with Crippen LogP contribution in [0.3, 0.4) is 0 Å². The summed E-state index contributed by atoms with van der Waals surface area (Å²) in [5.74, 6) is 1.06. The van der Waals surface area contributed by atoms with E-state index in [0.717, 1.165) is 18.4 Å². The highest BCUT2D eigenvalue weighted by atomic mass is 35.5. The lowest BCUT2D eigenvalue weighted by Gasteiger charge is -2.13. The number of hydrogen-bond donors (Lipinski definition) is 1. The van der Waals surface area contributed by atoms with Crippen molar-refractivity contribution in [1.29, 1.82) is 0 Å². The van der Waals surface area contributed by atoms with Crippen molar-refractivity contribution >= 4 is 29.3 Å². The summed E-state index contributed by atoms with van der Waals surface area (Å²) in [6.07, 6.45) is 8.40. The highest BCUT2D eigenvalue weighted by molar-refractivity contribution is 7.99. The Hall–Kier alpha value is -2.25. The van der Waals surface area contributed by atoms with Gasteiger partial charge in [0, 0.05) is 29.0 Å². The number of halogens is 1. The minimum absolute atomic E-state index is 0.0435. The predicted octanol–water partition coefficient (Wildman–Crippen LogP) is 3.86. The van der Waals surface area contributed by atoms with Gasteiger partial charge in [-0.05, 0) is 49.2 Å². The summed E-state index contributed by atoms with van der Waals surface area (Å²) < 4.78 is 3.80. The van der Waals surface area contributed by atoms with E-state index in [2.05, 4.69) is 15.5 Å². The highest BCUT2D eigenvalue weighted by Crippen LogP contribution is 2.25. The van der Waals surface area contributed by atoms with Crippen molar-refractivity contribution in [2.24, 2.45) is 0 Å². The maximum atomic E-state index is 12.3. The molecule has 0 saturated heterocycles. The third-order valence-corrected chi connectivity index (χ3v) is 5.76. The second kappa shape index (κ2) is 8.19. The van der Waals surface area contributed by atoms with Crippen LogP contribution in [-0.2, 0) is 4.79 Å². The van der Waals surface area contributed by atoms with Gasteiger partial charge in [0.25, 0.3) is 0 Å². The third kappa shape index (κ3) is 4.20. The van der Waals surface area contributed by atoms with Crippen LogP contribution in [0.15, 0.2) is 53.9 Å². The topological polar surface area (TPSA) is 64.7 Å². The molecule has 0 aliphatic heterocycles. The fraction of sp³-hybridized carbons (Fsp3) is 0.316. The molecule has 1 aliphatic carbocycles. The Morgan fingerprint density at radius 2 is 1.85 bits per heavy atom. The van der Waals surface area contributed by atoms with Gasteiger partial charge in [0.1, 0.15) is 0 Å². The first-order valence-corrected chi connectivity index (χ1v) is 10.3. The zero-order valence-corrected chi connectivity index (χ0v) is 16.3. The SMILES string of the molecule is O=C(CSc1nnc(-c2ccc(Cl)cc2)n1-n1cccc1)NC1CCCC1. The van der Waals surface area contributed by atoms with Crippen LogP contribution in [0.2, 0.25) is 5.02 Å². The van der Waals surface area contributed by atoms with Crippen molar-refractivity contribution in [3.05, 3.63) is 53.8 Å². The maximum Gasteiger partial charge on any atom is 0.230 e. The summed E-state index contributed by atoms with van der Waals surface area (Å²) in [4.78, 5) is 12.3. The number of nitrogens with zero attached hydrogens (tertiary/aromatic N) is 4. The standard InChI is InChI=1S/C19H20ClN5OS/c20-15-9-7-14(8-10-15)18-22-23-19(25(18)24-11-3-4-12-24)27-13-17(26)21-16-5-1-2-6-16/h3-4,7-12,16H,1-2,5-6,13H2,(H,21,26). The molecule has 1 aliphatic rings. The first kappa shape index (κ1) is 18.1. The van der Waals surface area contributed by atoms with Crippen LogP contribution < -0.4 is 5.32 Å². The fourth-order valence-corrected chi connectivity index (χ4v) is 4.14. The first-order chi connectivity index (χ1) is 13.2. The van der Waals surface area contributed by atoms with Crippen molar-refractivity contribution in [2.75, 3.05) is 5.75 Å². The molecular weight excluding hydrogens is 382 g/mol. The van der Waals surface area contributed by atoms with E-state index in [9.17, 15) is 4.79 Å². The van der Waals surface area contributed by atoms with Gasteiger partial charge in [-0.2, -0.15) is 0 Å². The van der Waals surface area contributed by atoms with Gasteiger partial charge in [0.2, 0.25) is 11.1 Å². The van der Waals surface area contributed by atoms with Crippen LogP contribution in [0.1, 0.15) is 25.7 Å². The molecule has 0 radical (unpaired) electrons. The van der Waals surface area contributed by atoms with Gasteiger partial charge in [-0.25, -0.2) is 4.68 Å². The fourth-order valence-electron chi connectivity index (χ4n) is 3.27. The lowest BCUT2D eigenvalue weighted by Crippen LogP contribution is -2.33. The summed E-state index contributed by atoms with van der Waals surface area (Å²) in [5, 5.41) is 13.1. The van der Waals surface area contributed by atoms with Gasteiger partial charge in [0.15, 0.2) is 5.82 Å². The van der Waals surface area contributed by atoms with Crippen LogP contribution in [0.4, 0.5) is 0 Å². The molecule has 8 heteroatoms. The van der Waals surface area contributed by atoms with E-state index in [-0.39, 0.29) is 5.91 Å². The summed E-state index contributed by atoms with van der Waals surface area (Å²) in [5.41, 5.74) is 0.905. The average molecular weight is 402 g/mol. The number of carbonyl (C=O) groups excluding carboxylic acids is 1. The molecule has 1 fully saturated rings. The van der Waals surface area contributed by atoms with E-state index in [1.165, 1.54) is 24.6 Å². The van der Waals surface area contributed by atoms with E-state index >= 15 is 0 Å². The maximum absolute atomic E-state index is 12.3. The van der Waals surface area contributed by atoms with Gasteiger partial charge in [-0.1, -0.05) is 36.2 Å². The number of benzene rings is 1. The summed E-state index contributed by atoms with van der Waals surface area (Å²) >= 11 is 7.39. The molecular formula is C19H20ClN5OS. The van der Waals surface area contributed by atoms with E-state index in [4.69, 9.17) is 11.6 Å². The molecule has 27 heavy (non-hydrogen) atoms. The summed E-state index contributed by atoms with van der Waals surface area (Å²) in [6, 6.07) is 11.7. The number of nitrogens with one attached hydrogen (secondary N) is 1. The lowest BCUT2D eigenvalue weighted by molar-refractivity contribution is -0.119. The zero-order valence-electron chi connectivity index (χ0n) is 14.7. The largest absolute Gasteiger partial charge is 0.353 e. The molecule has 2 aromatic heterocycles. The molecule has 1 N–H and O–H groups in total. The van der Waals surface area contributed by atoms with E-state index in [0.29, 0.717) is 27.8 Å². The highest BCUT2D eigenvalue weighted by Gasteiger charge is 2.20. The van der Waals surface area contributed by atoms with Gasteiger partial charge < -0.3 is 5.32 Å². The number of hydrogen-bond acceptors (Lipinski definition) is 4. The molecule has 140 valence electrons. The van der Waals surface area contributed by atoms with Crippen LogP contribution in [-0.4, -0.2) is 37.3 Å². The molecule has 0 bridgehead atoms. The van der Waals surface area contributed by atoms with Crippen molar-refractivity contribution in [3.8, 4) is 11.4 Å². The van der Waals surface area contributed by atoms with Crippen molar-refractivity contribution in [2.45, 2.75) is 36.9 Å². The number of amides is 1. The lowest BCUT2D eigenvalue weighted by atomic mass is 10.2. The summed E-state index contributed by atoms with van der Waals surface area (Å²) in [7, 11) is 0. The molecule has 1 aromatic carbocycles. The Kier molecular flexibility index (Phi) is 5.50. The monoisotopic (exact) mass is 401 g/mol. The van der Waals surface area contributed by atoms with Crippen LogP contribution in [0.25, 0.3) is 11.4 Å². The van der Waals surface area contributed by atoms with E-state index < -0.39 is 0 Å². The second-order valence-electron chi connectivity index (χ2n) is 6.53. The van der Waals surface area contributed by atoms with Crippen LogP contribution in [0.5, 0.6) is 0 Å². The minimum Gasteiger partial charge on any atom is -0.353 e. The normalized spacial score (nSPS) is 14.6. The van der Waals surface area contributed by atoms with Gasteiger partial charge in [-0.15, -0.1) is 10.2 Å². The number of aromatic nitrogens is 4. The average Bonchev–Trinajstić information content (AvgIpc) is 3.42. The molecule has 3 aromatic rings. The van der Waals surface area contributed by atoms with Gasteiger partial charge in [0.05, 0.1) is 5.75 Å². The molecule has 2 heterocycles. The zero-order chi connectivity index (χ0) is 18.6. The Bertz CT molecular complexity index is 901. The van der Waals surface area contributed by atoms with Crippen molar-refractivity contribution in [1.82, 2.24) is 24.9 Å². The van der Waals surface area contributed by atoms with E-state index in [1.54, 1.807) is 0 Å². The third-order valence-electron chi connectivity index (χ3n) is 4.59. The first-order valence-electron chi connectivity index (χ1n) is 8.98. The minimum atomic E-state index is 0.0435. The van der Waals surface area contributed by atoms with Crippen LogP contribution in [0, 0.1) is 0 Å². The van der Waals surface area contributed by atoms with Crippen molar-refractivity contribution < 1.29 is 4.79 Å². The van der Waals surface area contributed by atoms with Crippen LogP contribution >= 0.6 is 23.4 Å². The second-order valence-corrected chi connectivity index (χ2v) is 7.90. The van der Waals surface area contributed by atoms with Crippen molar-refractivity contribution in [3.63, 3.8) is 0 Å². The molecule has 4 rings (SSSR count). The Balaban J connectivity index is 1.55. The Morgan fingerprint density at radius 1 is 1.15 bits per heavy atom. The number of carbonyl (C=O) groups is 1. The molecule has 6 nitrogen and oxygen atoms in total. The molecule has 0 atom stereocenters. The molecule has 0 spiro atoms. The smallest absolute Gasteiger partial charge is 0.230 e. The van der Waals surface area contributed by atoms with Gasteiger partial charge in [-0.3, -0.25) is 9.47 Å². The predicted molar refractivity (Wildman–Crippen MR) is 107 cm³/mol.